The molecule has 1 heterocycles. The predicted molar refractivity (Wildman–Crippen MR) is 119 cm³/mol. The third-order valence-electron chi connectivity index (χ3n) is 6.15. The normalized spacial score (nSPS) is 20.1. The van der Waals surface area contributed by atoms with Gasteiger partial charge in [0.05, 0.1) is 19.1 Å². The molecule has 0 unspecified atom stereocenters. The number of likely N-dealkylation sites (tertiary alicyclic amines) is 1. The molecule has 160 valence electrons. The van der Waals surface area contributed by atoms with Crippen LogP contribution in [0.25, 0.3) is 0 Å². The first-order valence-electron chi connectivity index (χ1n) is 11.1. The Morgan fingerprint density at radius 2 is 1.83 bits per heavy atom. The summed E-state index contributed by atoms with van der Waals surface area (Å²) >= 11 is 0. The third-order valence-corrected chi connectivity index (χ3v) is 6.15. The molecule has 4 rings (SSSR count). The number of nitrogens with one attached hydrogen (secondary N) is 1. The van der Waals surface area contributed by atoms with E-state index in [2.05, 4.69) is 34.5 Å². The summed E-state index contributed by atoms with van der Waals surface area (Å²) in [7, 11) is 1.65. The molecule has 0 radical (unpaired) electrons. The molecule has 1 aliphatic carbocycles. The molecular formula is C25H32N2O3. The Bertz CT molecular complexity index is 834. The summed E-state index contributed by atoms with van der Waals surface area (Å²) in [4.78, 5) is 15.3. The number of piperidine rings is 1. The van der Waals surface area contributed by atoms with Gasteiger partial charge in [-0.05, 0) is 62.8 Å². The fraction of sp³-hybridized carbons (Fsp3) is 0.480. The average Bonchev–Trinajstić information content (AvgIpc) is 3.28. The van der Waals surface area contributed by atoms with Gasteiger partial charge in [-0.2, -0.15) is 0 Å². The van der Waals surface area contributed by atoms with E-state index in [9.17, 15) is 4.79 Å². The van der Waals surface area contributed by atoms with Gasteiger partial charge in [-0.25, -0.2) is 0 Å². The standard InChI is InChI=1S/C25H32N2O3/c1-29-23-14-13-21(16-24(23)30-22-11-5-6-12-22)26-25(28)20-10-7-15-27(18-20)17-19-8-3-2-4-9-19/h2-4,8-9,13-14,16,20,22H,5-7,10-12,15,17-18H2,1H3,(H,26,28)/t20-/m0/s1. The number of benzene rings is 2. The maximum atomic E-state index is 13.0. The SMILES string of the molecule is COc1ccc(NC(=O)[C@H]2CCCN(Cc3ccccc3)C2)cc1OC1CCCC1. The van der Waals surface area contributed by atoms with Crippen LogP contribution in [0, 0.1) is 5.92 Å². The Hall–Kier alpha value is -2.53. The van der Waals surface area contributed by atoms with Gasteiger partial charge in [-0.3, -0.25) is 9.69 Å². The summed E-state index contributed by atoms with van der Waals surface area (Å²) in [5, 5.41) is 3.11. The molecule has 2 aromatic carbocycles. The molecule has 2 fully saturated rings. The molecule has 30 heavy (non-hydrogen) atoms. The maximum Gasteiger partial charge on any atom is 0.228 e. The minimum atomic E-state index is 0.00349. The summed E-state index contributed by atoms with van der Waals surface area (Å²) in [5.41, 5.74) is 2.07. The van der Waals surface area contributed by atoms with Crippen LogP contribution < -0.4 is 14.8 Å². The van der Waals surface area contributed by atoms with Crippen LogP contribution in [0.3, 0.4) is 0 Å². The molecule has 1 amide bonds. The molecule has 1 atom stereocenters. The van der Waals surface area contributed by atoms with Crippen LogP contribution in [0.4, 0.5) is 5.69 Å². The van der Waals surface area contributed by atoms with Gasteiger partial charge in [0, 0.05) is 24.8 Å². The lowest BCUT2D eigenvalue weighted by Crippen LogP contribution is -2.40. The number of carbonyl (C=O) groups excluding carboxylic acids is 1. The van der Waals surface area contributed by atoms with Crippen LogP contribution in [0.1, 0.15) is 44.1 Å². The second kappa shape index (κ2) is 9.98. The van der Waals surface area contributed by atoms with Gasteiger partial charge in [0.1, 0.15) is 0 Å². The molecule has 1 N–H and O–H groups in total. The first-order valence-corrected chi connectivity index (χ1v) is 11.1. The lowest BCUT2D eigenvalue weighted by Gasteiger charge is -2.32. The van der Waals surface area contributed by atoms with E-state index in [0.29, 0.717) is 5.75 Å². The topological polar surface area (TPSA) is 50.8 Å². The number of hydrogen-bond donors (Lipinski definition) is 1. The highest BCUT2D eigenvalue weighted by molar-refractivity contribution is 5.93. The Morgan fingerprint density at radius 3 is 2.60 bits per heavy atom. The van der Waals surface area contributed by atoms with Gasteiger partial charge in [0.2, 0.25) is 5.91 Å². The summed E-state index contributed by atoms with van der Waals surface area (Å²) in [6.07, 6.45) is 6.81. The number of hydrogen-bond acceptors (Lipinski definition) is 4. The van der Waals surface area contributed by atoms with Crippen molar-refractivity contribution < 1.29 is 14.3 Å². The van der Waals surface area contributed by atoms with Crippen molar-refractivity contribution in [2.24, 2.45) is 5.92 Å². The van der Waals surface area contributed by atoms with Gasteiger partial charge in [-0.1, -0.05) is 30.3 Å². The molecule has 1 aliphatic heterocycles. The minimum Gasteiger partial charge on any atom is -0.493 e. The molecule has 2 aliphatic rings. The molecule has 0 spiro atoms. The average molecular weight is 409 g/mol. The van der Waals surface area contributed by atoms with Crippen molar-refractivity contribution in [3.63, 3.8) is 0 Å². The number of amides is 1. The van der Waals surface area contributed by atoms with Gasteiger partial charge in [0.25, 0.3) is 0 Å². The van der Waals surface area contributed by atoms with Crippen molar-refractivity contribution in [2.45, 2.75) is 51.2 Å². The van der Waals surface area contributed by atoms with Crippen LogP contribution >= 0.6 is 0 Å². The van der Waals surface area contributed by atoms with Crippen molar-refractivity contribution >= 4 is 11.6 Å². The van der Waals surface area contributed by atoms with Crippen LogP contribution in [0.15, 0.2) is 48.5 Å². The highest BCUT2D eigenvalue weighted by Crippen LogP contribution is 2.34. The van der Waals surface area contributed by atoms with E-state index in [0.717, 1.165) is 56.8 Å². The zero-order valence-electron chi connectivity index (χ0n) is 17.8. The monoisotopic (exact) mass is 408 g/mol. The van der Waals surface area contributed by atoms with Crippen molar-refractivity contribution in [1.82, 2.24) is 4.90 Å². The molecule has 2 aromatic rings. The molecule has 1 saturated heterocycles. The number of carbonyl (C=O) groups is 1. The molecule has 5 nitrogen and oxygen atoms in total. The van der Waals surface area contributed by atoms with Gasteiger partial charge < -0.3 is 14.8 Å². The number of methoxy groups -OCH3 is 1. The second-order valence-electron chi connectivity index (χ2n) is 8.44. The lowest BCUT2D eigenvalue weighted by atomic mass is 9.96. The summed E-state index contributed by atoms with van der Waals surface area (Å²) in [6, 6.07) is 16.1. The van der Waals surface area contributed by atoms with E-state index in [-0.39, 0.29) is 17.9 Å². The number of rotatable bonds is 7. The van der Waals surface area contributed by atoms with Gasteiger partial charge >= 0.3 is 0 Å². The predicted octanol–water partition coefficient (Wildman–Crippen LogP) is 4.87. The van der Waals surface area contributed by atoms with Crippen LogP contribution in [0.2, 0.25) is 0 Å². The maximum absolute atomic E-state index is 13.0. The van der Waals surface area contributed by atoms with E-state index in [1.807, 2.05) is 24.3 Å². The van der Waals surface area contributed by atoms with E-state index in [4.69, 9.17) is 9.47 Å². The second-order valence-corrected chi connectivity index (χ2v) is 8.44. The first-order chi connectivity index (χ1) is 14.7. The quantitative estimate of drug-likeness (QED) is 0.710. The Morgan fingerprint density at radius 1 is 1.03 bits per heavy atom. The Balaban J connectivity index is 1.37. The molecular weight excluding hydrogens is 376 g/mol. The van der Waals surface area contributed by atoms with Gasteiger partial charge in [-0.15, -0.1) is 0 Å². The van der Waals surface area contributed by atoms with Crippen LogP contribution in [-0.4, -0.2) is 37.1 Å². The lowest BCUT2D eigenvalue weighted by molar-refractivity contribution is -0.121. The number of nitrogens with zero attached hydrogens (tertiary/aromatic N) is 1. The summed E-state index contributed by atoms with van der Waals surface area (Å²) in [6.45, 7) is 2.73. The highest BCUT2D eigenvalue weighted by atomic mass is 16.5. The fourth-order valence-electron chi connectivity index (χ4n) is 4.53. The van der Waals surface area contributed by atoms with E-state index in [1.165, 1.54) is 18.4 Å². The van der Waals surface area contributed by atoms with E-state index >= 15 is 0 Å². The molecule has 0 aromatic heterocycles. The van der Waals surface area contributed by atoms with E-state index < -0.39 is 0 Å². The summed E-state index contributed by atoms with van der Waals surface area (Å²) < 4.78 is 11.6. The first kappa shape index (κ1) is 20.7. The molecule has 0 bridgehead atoms. The summed E-state index contributed by atoms with van der Waals surface area (Å²) in [5.74, 6) is 1.52. The fourth-order valence-corrected chi connectivity index (χ4v) is 4.53. The largest absolute Gasteiger partial charge is 0.493 e. The molecule has 5 heteroatoms. The number of ether oxygens (including phenoxy) is 2. The smallest absolute Gasteiger partial charge is 0.228 e. The minimum absolute atomic E-state index is 0.00349. The van der Waals surface area contributed by atoms with Crippen LogP contribution in [0.5, 0.6) is 11.5 Å². The van der Waals surface area contributed by atoms with Gasteiger partial charge in [0.15, 0.2) is 11.5 Å². The Kier molecular flexibility index (Phi) is 6.90. The zero-order chi connectivity index (χ0) is 20.8. The highest BCUT2D eigenvalue weighted by Gasteiger charge is 2.26. The zero-order valence-corrected chi connectivity index (χ0v) is 17.8. The van der Waals surface area contributed by atoms with Crippen molar-refractivity contribution in [3.8, 4) is 11.5 Å². The molecule has 1 saturated carbocycles. The van der Waals surface area contributed by atoms with Crippen molar-refractivity contribution in [3.05, 3.63) is 54.1 Å². The van der Waals surface area contributed by atoms with Crippen LogP contribution in [-0.2, 0) is 11.3 Å². The third kappa shape index (κ3) is 5.33. The van der Waals surface area contributed by atoms with Crippen molar-refractivity contribution in [1.29, 1.82) is 0 Å². The number of anilines is 1. The van der Waals surface area contributed by atoms with E-state index in [1.54, 1.807) is 7.11 Å². The Labute approximate surface area is 179 Å². The van der Waals surface area contributed by atoms with Crippen molar-refractivity contribution in [2.75, 3.05) is 25.5 Å².